The number of hydrogen-bond acceptors (Lipinski definition) is 4. The number of aliphatic hydroxyl groups excluding tert-OH is 3. The summed E-state index contributed by atoms with van der Waals surface area (Å²) < 4.78 is 0. The predicted octanol–water partition coefficient (Wildman–Crippen LogP) is 13.7. The first-order valence-electron chi connectivity index (χ1n) is 23.4. The average molecular weight is 758 g/mol. The van der Waals surface area contributed by atoms with E-state index < -0.39 is 18.2 Å². The Morgan fingerprint density at radius 2 is 0.833 bits per heavy atom. The maximum atomic E-state index is 12.4. The van der Waals surface area contributed by atoms with E-state index in [9.17, 15) is 20.1 Å². The Kier molecular flexibility index (Phi) is 42.7. The van der Waals surface area contributed by atoms with Gasteiger partial charge in [0.05, 0.1) is 31.3 Å². The molecule has 4 N–H and O–H groups in total. The molecule has 0 aromatic heterocycles. The summed E-state index contributed by atoms with van der Waals surface area (Å²) in [4.78, 5) is 12.4. The Labute approximate surface area is 336 Å². The maximum Gasteiger partial charge on any atom is 0.222 e. The predicted molar refractivity (Wildman–Crippen MR) is 236 cm³/mol. The zero-order chi connectivity index (χ0) is 39.4. The van der Waals surface area contributed by atoms with Gasteiger partial charge >= 0.3 is 0 Å². The quantitative estimate of drug-likeness (QED) is 0.0369. The lowest BCUT2D eigenvalue weighted by atomic mass is 10.0. The van der Waals surface area contributed by atoms with E-state index in [2.05, 4.69) is 55.6 Å². The third-order valence-corrected chi connectivity index (χ3v) is 10.5. The molecule has 0 bridgehead atoms. The Morgan fingerprint density at radius 1 is 0.463 bits per heavy atom. The minimum atomic E-state index is -0.958. The van der Waals surface area contributed by atoms with E-state index in [0.717, 1.165) is 44.9 Å². The number of amides is 1. The number of carbonyl (C=O) groups is 1. The van der Waals surface area contributed by atoms with Crippen LogP contribution >= 0.6 is 0 Å². The number of unbranched alkanes of at least 4 members (excludes halogenated alkanes) is 27. The summed E-state index contributed by atoms with van der Waals surface area (Å²) in [5.41, 5.74) is 0. The summed E-state index contributed by atoms with van der Waals surface area (Å²) in [5, 5.41) is 33.1. The topological polar surface area (TPSA) is 89.8 Å². The fourth-order valence-electron chi connectivity index (χ4n) is 6.96. The van der Waals surface area contributed by atoms with Crippen LogP contribution in [0.5, 0.6) is 0 Å². The molecule has 0 aromatic rings. The SMILES string of the molecule is CCC/C=C/CC/C=C/CC/C=C/C(O)C(CO)NC(=O)CC(O)CCCCCCCCCCCCCC/C=C\CCCCCCCCCCCCCC. The molecule has 0 spiro atoms. The lowest BCUT2D eigenvalue weighted by Gasteiger charge is -2.21. The van der Waals surface area contributed by atoms with Crippen molar-refractivity contribution in [3.05, 3.63) is 48.6 Å². The molecular weight excluding hydrogens is 667 g/mol. The van der Waals surface area contributed by atoms with Gasteiger partial charge in [-0.1, -0.05) is 210 Å². The van der Waals surface area contributed by atoms with E-state index in [4.69, 9.17) is 0 Å². The van der Waals surface area contributed by atoms with Gasteiger partial charge in [-0.25, -0.2) is 0 Å². The molecule has 0 heterocycles. The number of carbonyl (C=O) groups excluding carboxylic acids is 1. The van der Waals surface area contributed by atoms with Crippen LogP contribution in [-0.2, 0) is 4.79 Å². The van der Waals surface area contributed by atoms with Crippen LogP contribution in [0.3, 0.4) is 0 Å². The minimum absolute atomic E-state index is 0.00156. The van der Waals surface area contributed by atoms with Gasteiger partial charge in [0.25, 0.3) is 0 Å². The second-order valence-electron chi connectivity index (χ2n) is 16.0. The van der Waals surface area contributed by atoms with Crippen molar-refractivity contribution in [2.24, 2.45) is 0 Å². The van der Waals surface area contributed by atoms with Gasteiger partial charge in [-0.3, -0.25) is 4.79 Å². The molecule has 3 unspecified atom stereocenters. The van der Waals surface area contributed by atoms with Crippen molar-refractivity contribution in [1.82, 2.24) is 5.32 Å². The molecule has 0 rings (SSSR count). The summed E-state index contributed by atoms with van der Waals surface area (Å²) in [6.45, 7) is 4.12. The Balaban J connectivity index is 3.57. The van der Waals surface area contributed by atoms with Gasteiger partial charge < -0.3 is 20.6 Å². The molecule has 0 fully saturated rings. The van der Waals surface area contributed by atoms with Crippen molar-refractivity contribution in [3.8, 4) is 0 Å². The zero-order valence-corrected chi connectivity index (χ0v) is 35.8. The molecule has 0 aliphatic heterocycles. The first-order valence-corrected chi connectivity index (χ1v) is 23.4. The Morgan fingerprint density at radius 3 is 1.26 bits per heavy atom. The maximum absolute atomic E-state index is 12.4. The third kappa shape index (κ3) is 40.0. The fraction of sp³-hybridized carbons (Fsp3) is 0.816. The van der Waals surface area contributed by atoms with Gasteiger partial charge in [-0.15, -0.1) is 0 Å². The second kappa shape index (κ2) is 44.0. The Bertz CT molecular complexity index is 881. The van der Waals surface area contributed by atoms with Crippen molar-refractivity contribution in [2.45, 2.75) is 250 Å². The van der Waals surface area contributed by atoms with Gasteiger partial charge in [-0.05, 0) is 64.2 Å². The molecule has 0 saturated carbocycles. The number of nitrogens with one attached hydrogen (secondary N) is 1. The van der Waals surface area contributed by atoms with Gasteiger partial charge in [0.1, 0.15) is 0 Å². The zero-order valence-electron chi connectivity index (χ0n) is 35.8. The van der Waals surface area contributed by atoms with Crippen LogP contribution in [0.4, 0.5) is 0 Å². The molecule has 316 valence electrons. The van der Waals surface area contributed by atoms with E-state index in [1.807, 2.05) is 6.08 Å². The summed E-state index contributed by atoms with van der Waals surface area (Å²) in [6.07, 6.45) is 57.1. The molecule has 0 aliphatic carbocycles. The average Bonchev–Trinajstić information content (AvgIpc) is 3.16. The van der Waals surface area contributed by atoms with Crippen molar-refractivity contribution < 1.29 is 20.1 Å². The van der Waals surface area contributed by atoms with Crippen LogP contribution in [0.2, 0.25) is 0 Å². The van der Waals surface area contributed by atoms with Gasteiger partial charge in [0.2, 0.25) is 5.91 Å². The van der Waals surface area contributed by atoms with E-state index >= 15 is 0 Å². The number of hydrogen-bond donors (Lipinski definition) is 4. The summed E-state index contributed by atoms with van der Waals surface area (Å²) in [7, 11) is 0. The highest BCUT2D eigenvalue weighted by Gasteiger charge is 2.20. The van der Waals surface area contributed by atoms with E-state index in [-0.39, 0.29) is 18.9 Å². The second-order valence-corrected chi connectivity index (χ2v) is 16.0. The highest BCUT2D eigenvalue weighted by molar-refractivity contribution is 5.76. The molecule has 0 aliphatic rings. The highest BCUT2D eigenvalue weighted by Crippen LogP contribution is 2.16. The fourth-order valence-corrected chi connectivity index (χ4v) is 6.96. The molecule has 54 heavy (non-hydrogen) atoms. The van der Waals surface area contributed by atoms with Crippen LogP contribution in [0.15, 0.2) is 48.6 Å². The number of aliphatic hydroxyl groups is 3. The number of allylic oxidation sites excluding steroid dienone is 7. The van der Waals surface area contributed by atoms with Crippen LogP contribution in [-0.4, -0.2) is 46.1 Å². The summed E-state index contributed by atoms with van der Waals surface area (Å²) in [5.74, 6) is -0.332. The summed E-state index contributed by atoms with van der Waals surface area (Å²) >= 11 is 0. The van der Waals surface area contributed by atoms with Crippen molar-refractivity contribution in [2.75, 3.05) is 6.61 Å². The molecule has 0 aromatic carbocycles. The van der Waals surface area contributed by atoms with Crippen molar-refractivity contribution in [1.29, 1.82) is 0 Å². The van der Waals surface area contributed by atoms with Crippen LogP contribution < -0.4 is 5.32 Å². The lowest BCUT2D eigenvalue weighted by molar-refractivity contribution is -0.124. The first kappa shape index (κ1) is 52.3. The first-order chi connectivity index (χ1) is 26.5. The standard InChI is InChI=1S/C49H91NO4/c1-3-5-7-9-11-13-15-16-17-18-19-20-21-22-23-24-25-26-27-28-29-30-31-33-34-36-38-40-42-46(52)44-49(54)50-47(45-51)48(53)43-41-39-37-35-32-14-12-10-8-6-4-2/h8,10,22-23,32,35,41,43,46-48,51-53H,3-7,9,11-21,24-31,33-34,36-40,42,44-45H2,1-2H3,(H,50,54)/b10-8+,23-22-,35-32+,43-41+. The largest absolute Gasteiger partial charge is 0.394 e. The molecule has 0 radical (unpaired) electrons. The molecule has 5 heteroatoms. The number of rotatable bonds is 42. The molecule has 3 atom stereocenters. The normalized spacial score (nSPS) is 13.9. The van der Waals surface area contributed by atoms with Gasteiger partial charge in [-0.2, -0.15) is 0 Å². The molecular formula is C49H91NO4. The Hall–Kier alpha value is -1.69. The lowest BCUT2D eigenvalue weighted by Crippen LogP contribution is -2.45. The van der Waals surface area contributed by atoms with E-state index in [0.29, 0.717) is 6.42 Å². The molecule has 5 nitrogen and oxygen atoms in total. The molecule has 0 saturated heterocycles. The molecule has 1 amide bonds. The highest BCUT2D eigenvalue weighted by atomic mass is 16.3. The van der Waals surface area contributed by atoms with Crippen LogP contribution in [0, 0.1) is 0 Å². The van der Waals surface area contributed by atoms with Gasteiger partial charge in [0, 0.05) is 0 Å². The van der Waals surface area contributed by atoms with Crippen molar-refractivity contribution >= 4 is 5.91 Å². The van der Waals surface area contributed by atoms with E-state index in [1.54, 1.807) is 6.08 Å². The smallest absolute Gasteiger partial charge is 0.222 e. The van der Waals surface area contributed by atoms with Crippen LogP contribution in [0.1, 0.15) is 232 Å². The third-order valence-electron chi connectivity index (χ3n) is 10.5. The van der Waals surface area contributed by atoms with Gasteiger partial charge in [0.15, 0.2) is 0 Å². The monoisotopic (exact) mass is 758 g/mol. The van der Waals surface area contributed by atoms with Crippen molar-refractivity contribution in [3.63, 3.8) is 0 Å². The minimum Gasteiger partial charge on any atom is -0.394 e. The van der Waals surface area contributed by atoms with E-state index in [1.165, 1.54) is 161 Å². The van der Waals surface area contributed by atoms with Crippen LogP contribution in [0.25, 0.3) is 0 Å². The summed E-state index contributed by atoms with van der Waals surface area (Å²) in [6, 6.07) is -0.766.